The predicted molar refractivity (Wildman–Crippen MR) is 80.8 cm³/mol. The average Bonchev–Trinajstić information content (AvgIpc) is 2.32. The molecule has 0 unspecified atom stereocenters. The highest BCUT2D eigenvalue weighted by Crippen LogP contribution is 2.33. The molecule has 2 aromatic rings. The van der Waals surface area contributed by atoms with Crippen molar-refractivity contribution in [1.29, 1.82) is 5.26 Å². The lowest BCUT2D eigenvalue weighted by Crippen LogP contribution is -1.87. The highest BCUT2D eigenvalue weighted by molar-refractivity contribution is 9.11. The fourth-order valence-corrected chi connectivity index (χ4v) is 2.97. The highest BCUT2D eigenvalue weighted by Gasteiger charge is 2.05. The fraction of sp³-hybridized carbons (Fsp3) is 0. The lowest BCUT2D eigenvalue weighted by Gasteiger charge is -2.08. The first kappa shape index (κ1) is 13.6. The minimum atomic E-state index is 0.549. The third-order valence-corrected chi connectivity index (χ3v) is 3.69. The second kappa shape index (κ2) is 5.87. The Hall–Kier alpha value is -0.830. The zero-order chi connectivity index (χ0) is 13.1. The first-order valence-electron chi connectivity index (χ1n) is 4.92. The van der Waals surface area contributed by atoms with Crippen LogP contribution >= 0.6 is 47.8 Å². The van der Waals surface area contributed by atoms with Gasteiger partial charge in [0.2, 0.25) is 0 Å². The van der Waals surface area contributed by atoms with Crippen molar-refractivity contribution in [2.75, 3.05) is 0 Å². The maximum atomic E-state index is 8.90. The molecule has 0 aliphatic carbocycles. The first-order chi connectivity index (χ1) is 8.58. The van der Waals surface area contributed by atoms with Crippen molar-refractivity contribution >= 4 is 47.8 Å². The van der Waals surface area contributed by atoms with Crippen LogP contribution in [-0.4, -0.2) is 0 Å². The number of ether oxygens (including phenoxy) is 1. The molecule has 0 fully saturated rings. The van der Waals surface area contributed by atoms with Crippen LogP contribution in [0.2, 0.25) is 0 Å². The standard InChI is InChI=1S/C13H6Br3NO/c14-9-1-2-13(12(16)6-9)18-11-4-8(7-17)3-10(15)5-11/h1-6H. The number of hydrogen-bond acceptors (Lipinski definition) is 2. The second-order valence-corrected chi connectivity index (χ2v) is 6.15. The van der Waals surface area contributed by atoms with E-state index in [4.69, 9.17) is 10.00 Å². The molecular formula is C13H6Br3NO. The molecule has 0 aromatic heterocycles. The Morgan fingerprint density at radius 2 is 1.72 bits per heavy atom. The van der Waals surface area contributed by atoms with Crippen LogP contribution < -0.4 is 4.74 Å². The van der Waals surface area contributed by atoms with E-state index in [1.165, 1.54) is 0 Å². The van der Waals surface area contributed by atoms with Gasteiger partial charge < -0.3 is 4.74 Å². The topological polar surface area (TPSA) is 33.0 Å². The summed E-state index contributed by atoms with van der Waals surface area (Å²) < 4.78 is 8.36. The van der Waals surface area contributed by atoms with Gasteiger partial charge in [0.05, 0.1) is 16.1 Å². The van der Waals surface area contributed by atoms with Crippen molar-refractivity contribution in [3.05, 3.63) is 55.4 Å². The number of halogens is 3. The van der Waals surface area contributed by atoms with Gasteiger partial charge in [-0.05, 0) is 52.3 Å². The fourth-order valence-electron chi connectivity index (χ4n) is 1.37. The van der Waals surface area contributed by atoms with E-state index in [0.717, 1.165) is 13.4 Å². The van der Waals surface area contributed by atoms with Crippen molar-refractivity contribution in [2.45, 2.75) is 0 Å². The average molecular weight is 432 g/mol. The number of hydrogen-bond donors (Lipinski definition) is 0. The third kappa shape index (κ3) is 3.35. The van der Waals surface area contributed by atoms with Gasteiger partial charge in [-0.3, -0.25) is 0 Å². The Bertz CT molecular complexity index is 635. The molecule has 18 heavy (non-hydrogen) atoms. The summed E-state index contributed by atoms with van der Waals surface area (Å²) in [5, 5.41) is 8.90. The van der Waals surface area contributed by atoms with E-state index >= 15 is 0 Å². The van der Waals surface area contributed by atoms with Gasteiger partial charge in [-0.25, -0.2) is 0 Å². The molecule has 0 radical (unpaired) electrons. The van der Waals surface area contributed by atoms with E-state index in [9.17, 15) is 0 Å². The lowest BCUT2D eigenvalue weighted by molar-refractivity contribution is 0.479. The summed E-state index contributed by atoms with van der Waals surface area (Å²) in [5.41, 5.74) is 0.549. The van der Waals surface area contributed by atoms with Crippen molar-refractivity contribution in [1.82, 2.24) is 0 Å². The molecule has 0 spiro atoms. The van der Waals surface area contributed by atoms with Crippen LogP contribution in [0.3, 0.4) is 0 Å². The molecule has 0 N–H and O–H groups in total. The third-order valence-electron chi connectivity index (χ3n) is 2.12. The highest BCUT2D eigenvalue weighted by atomic mass is 79.9. The summed E-state index contributed by atoms with van der Waals surface area (Å²) in [7, 11) is 0. The zero-order valence-corrected chi connectivity index (χ0v) is 13.7. The zero-order valence-electron chi connectivity index (χ0n) is 8.95. The molecule has 0 heterocycles. The Labute approximate surface area is 130 Å². The minimum Gasteiger partial charge on any atom is -0.456 e. The molecule has 0 bridgehead atoms. The lowest BCUT2D eigenvalue weighted by atomic mass is 10.2. The SMILES string of the molecule is N#Cc1cc(Br)cc(Oc2ccc(Br)cc2Br)c1. The summed E-state index contributed by atoms with van der Waals surface area (Å²) in [6, 6.07) is 13.0. The summed E-state index contributed by atoms with van der Waals surface area (Å²) in [6.07, 6.45) is 0. The van der Waals surface area contributed by atoms with Crippen LogP contribution in [0.1, 0.15) is 5.56 Å². The van der Waals surface area contributed by atoms with Crippen molar-refractivity contribution in [3.63, 3.8) is 0 Å². The van der Waals surface area contributed by atoms with E-state index in [1.54, 1.807) is 12.1 Å². The smallest absolute Gasteiger partial charge is 0.141 e. The van der Waals surface area contributed by atoms with E-state index in [1.807, 2.05) is 24.3 Å². The predicted octanol–water partition coefficient (Wildman–Crippen LogP) is 5.64. The van der Waals surface area contributed by atoms with E-state index in [-0.39, 0.29) is 0 Å². The van der Waals surface area contributed by atoms with Crippen molar-refractivity contribution in [3.8, 4) is 17.6 Å². The Morgan fingerprint density at radius 1 is 0.944 bits per heavy atom. The van der Waals surface area contributed by atoms with Crippen molar-refractivity contribution in [2.24, 2.45) is 0 Å². The molecule has 2 aromatic carbocycles. The van der Waals surface area contributed by atoms with Crippen LogP contribution in [0, 0.1) is 11.3 Å². The number of nitrogens with zero attached hydrogens (tertiary/aromatic N) is 1. The van der Waals surface area contributed by atoms with Gasteiger partial charge in [-0.1, -0.05) is 31.9 Å². The summed E-state index contributed by atoms with van der Waals surface area (Å²) in [5.74, 6) is 1.31. The van der Waals surface area contributed by atoms with E-state index < -0.39 is 0 Å². The molecule has 0 amide bonds. The molecule has 0 saturated heterocycles. The Balaban J connectivity index is 2.34. The maximum Gasteiger partial charge on any atom is 0.141 e. The monoisotopic (exact) mass is 429 g/mol. The van der Waals surface area contributed by atoms with Gasteiger partial charge in [0.1, 0.15) is 11.5 Å². The number of rotatable bonds is 2. The van der Waals surface area contributed by atoms with E-state index in [2.05, 4.69) is 53.9 Å². The van der Waals surface area contributed by atoms with Gasteiger partial charge in [-0.2, -0.15) is 5.26 Å². The normalized spacial score (nSPS) is 9.89. The second-order valence-electron chi connectivity index (χ2n) is 3.46. The molecule has 5 heteroatoms. The molecule has 0 saturated carbocycles. The summed E-state index contributed by atoms with van der Waals surface area (Å²) in [6.45, 7) is 0. The molecular weight excluding hydrogens is 426 g/mol. The molecule has 0 aliphatic heterocycles. The quantitative estimate of drug-likeness (QED) is 0.616. The van der Waals surface area contributed by atoms with Crippen LogP contribution in [0.15, 0.2) is 49.8 Å². The van der Waals surface area contributed by atoms with Crippen LogP contribution in [-0.2, 0) is 0 Å². The summed E-state index contributed by atoms with van der Waals surface area (Å²) >= 11 is 10.2. The Kier molecular flexibility index (Phi) is 4.44. The minimum absolute atomic E-state index is 0.549. The van der Waals surface area contributed by atoms with Gasteiger partial charge in [-0.15, -0.1) is 0 Å². The van der Waals surface area contributed by atoms with Crippen LogP contribution in [0.25, 0.3) is 0 Å². The molecule has 90 valence electrons. The Morgan fingerprint density at radius 3 is 2.39 bits per heavy atom. The molecule has 2 nitrogen and oxygen atoms in total. The first-order valence-corrected chi connectivity index (χ1v) is 7.30. The van der Waals surface area contributed by atoms with Gasteiger partial charge >= 0.3 is 0 Å². The van der Waals surface area contributed by atoms with Gasteiger partial charge in [0, 0.05) is 8.95 Å². The largest absolute Gasteiger partial charge is 0.456 e. The van der Waals surface area contributed by atoms with Crippen LogP contribution in [0.5, 0.6) is 11.5 Å². The van der Waals surface area contributed by atoms with Gasteiger partial charge in [0.25, 0.3) is 0 Å². The molecule has 0 atom stereocenters. The van der Waals surface area contributed by atoms with E-state index in [0.29, 0.717) is 17.1 Å². The van der Waals surface area contributed by atoms with Gasteiger partial charge in [0.15, 0.2) is 0 Å². The maximum absolute atomic E-state index is 8.90. The van der Waals surface area contributed by atoms with Crippen LogP contribution in [0.4, 0.5) is 0 Å². The number of nitriles is 1. The molecule has 2 rings (SSSR count). The number of benzene rings is 2. The summed E-state index contributed by atoms with van der Waals surface area (Å²) in [4.78, 5) is 0. The molecule has 0 aliphatic rings. The van der Waals surface area contributed by atoms with Crippen molar-refractivity contribution < 1.29 is 4.74 Å².